The van der Waals surface area contributed by atoms with E-state index >= 15 is 0 Å². The monoisotopic (exact) mass is 402 g/mol. The Labute approximate surface area is 169 Å². The van der Waals surface area contributed by atoms with E-state index in [9.17, 15) is 9.50 Å². The van der Waals surface area contributed by atoms with Crippen LogP contribution in [-0.2, 0) is 29.9 Å². The summed E-state index contributed by atoms with van der Waals surface area (Å²) in [7, 11) is 0. The van der Waals surface area contributed by atoms with Crippen LogP contribution in [0.4, 0.5) is 4.39 Å². The molecular weight excluding hydrogens is 379 g/mol. The first-order valence-electron chi connectivity index (χ1n) is 9.92. The largest absolute Gasteiger partial charge is 0.508 e. The molecule has 4 nitrogen and oxygen atoms in total. The molecule has 2 aromatic carbocycles. The minimum atomic E-state index is -0.324. The van der Waals surface area contributed by atoms with Crippen LogP contribution in [0.3, 0.4) is 0 Å². The zero-order valence-corrected chi connectivity index (χ0v) is 16.4. The van der Waals surface area contributed by atoms with Gasteiger partial charge in [0.2, 0.25) is 0 Å². The van der Waals surface area contributed by atoms with Crippen LogP contribution in [-0.4, -0.2) is 35.7 Å². The lowest BCUT2D eigenvalue weighted by molar-refractivity contribution is -0.0797. The van der Waals surface area contributed by atoms with E-state index in [0.717, 1.165) is 66.2 Å². The molecule has 0 bridgehead atoms. The summed E-state index contributed by atoms with van der Waals surface area (Å²) < 4.78 is 19.9. The molecule has 0 amide bonds. The van der Waals surface area contributed by atoms with Crippen molar-refractivity contribution in [1.82, 2.24) is 10.2 Å². The highest BCUT2D eigenvalue weighted by molar-refractivity contribution is 6.31. The highest BCUT2D eigenvalue weighted by atomic mass is 35.5. The maximum atomic E-state index is 13.8. The van der Waals surface area contributed by atoms with Crippen LogP contribution in [0.1, 0.15) is 35.1 Å². The number of aromatic hydroxyl groups is 1. The predicted molar refractivity (Wildman–Crippen MR) is 106 cm³/mol. The summed E-state index contributed by atoms with van der Waals surface area (Å²) in [5.41, 5.74) is 3.81. The van der Waals surface area contributed by atoms with Crippen molar-refractivity contribution in [2.75, 3.05) is 19.6 Å². The second kappa shape index (κ2) is 6.99. The van der Waals surface area contributed by atoms with Gasteiger partial charge in [0.25, 0.3) is 0 Å². The Bertz CT molecular complexity index is 912. The highest BCUT2D eigenvalue weighted by Crippen LogP contribution is 2.44. The summed E-state index contributed by atoms with van der Waals surface area (Å²) in [4.78, 5) is 2.45. The highest BCUT2D eigenvalue weighted by Gasteiger charge is 2.43. The van der Waals surface area contributed by atoms with Crippen LogP contribution in [0.15, 0.2) is 30.3 Å². The zero-order valence-electron chi connectivity index (χ0n) is 15.7. The number of piperidine rings is 1. The van der Waals surface area contributed by atoms with Gasteiger partial charge in [-0.1, -0.05) is 17.7 Å². The predicted octanol–water partition coefficient (Wildman–Crippen LogP) is 3.72. The fourth-order valence-electron chi connectivity index (χ4n) is 4.98. The molecule has 1 unspecified atom stereocenters. The fourth-order valence-corrected chi connectivity index (χ4v) is 5.23. The molecule has 6 heteroatoms. The number of fused-ring (bicyclic) bond motifs is 3. The van der Waals surface area contributed by atoms with E-state index in [2.05, 4.69) is 10.2 Å². The number of hydrogen-bond donors (Lipinski definition) is 2. The van der Waals surface area contributed by atoms with Crippen LogP contribution in [0.2, 0.25) is 5.02 Å². The molecule has 3 aliphatic rings. The van der Waals surface area contributed by atoms with Crippen molar-refractivity contribution in [3.8, 4) is 5.75 Å². The Morgan fingerprint density at radius 2 is 2.04 bits per heavy atom. The van der Waals surface area contributed by atoms with E-state index in [-0.39, 0.29) is 11.4 Å². The number of rotatable bonds is 2. The van der Waals surface area contributed by atoms with Gasteiger partial charge >= 0.3 is 0 Å². The molecule has 2 N–H and O–H groups in total. The Balaban J connectivity index is 1.25. The van der Waals surface area contributed by atoms with E-state index in [0.29, 0.717) is 24.9 Å². The van der Waals surface area contributed by atoms with Gasteiger partial charge in [-0.3, -0.25) is 0 Å². The summed E-state index contributed by atoms with van der Waals surface area (Å²) in [6, 6.07) is 8.77. The average molecular weight is 403 g/mol. The van der Waals surface area contributed by atoms with Crippen LogP contribution in [0.25, 0.3) is 0 Å². The lowest BCUT2D eigenvalue weighted by Gasteiger charge is -2.41. The van der Waals surface area contributed by atoms with E-state index < -0.39 is 0 Å². The third-order valence-electron chi connectivity index (χ3n) is 6.58. The number of hydrogen-bond acceptors (Lipinski definition) is 4. The number of ether oxygens (including phenoxy) is 1. The molecular formula is C22H24ClFN2O2. The van der Waals surface area contributed by atoms with E-state index in [1.807, 2.05) is 6.07 Å². The summed E-state index contributed by atoms with van der Waals surface area (Å²) in [5, 5.41) is 14.3. The Morgan fingerprint density at radius 3 is 2.86 bits per heavy atom. The van der Waals surface area contributed by atoms with Crippen LogP contribution in [0.5, 0.6) is 5.75 Å². The van der Waals surface area contributed by atoms with Gasteiger partial charge in [0.15, 0.2) is 0 Å². The molecule has 148 valence electrons. The van der Waals surface area contributed by atoms with Gasteiger partial charge in [0.1, 0.15) is 11.6 Å². The summed E-state index contributed by atoms with van der Waals surface area (Å²) in [6.45, 7) is 4.00. The Kier molecular flexibility index (Phi) is 4.59. The number of phenols is 1. The molecule has 1 spiro atoms. The maximum Gasteiger partial charge on any atom is 0.123 e. The second-order valence-electron chi connectivity index (χ2n) is 8.19. The smallest absolute Gasteiger partial charge is 0.123 e. The van der Waals surface area contributed by atoms with E-state index in [1.54, 1.807) is 18.2 Å². The molecule has 2 aromatic rings. The first kappa shape index (κ1) is 18.4. The standard InChI is InChI=1S/C22H24ClFN2O2/c23-20-3-4-21(27)18-11-25-16(10-17(18)20)12-26-7-5-22(6-8-26)19-9-15(24)2-1-14(19)13-28-22/h1-4,9,16,25,27H,5-8,10-13H2. The molecule has 1 fully saturated rings. The van der Waals surface area contributed by atoms with Gasteiger partial charge in [-0.2, -0.15) is 0 Å². The molecule has 0 aromatic heterocycles. The van der Waals surface area contributed by atoms with Gasteiger partial charge in [-0.25, -0.2) is 4.39 Å². The lowest BCUT2D eigenvalue weighted by atomic mass is 9.83. The normalized spacial score (nSPS) is 23.6. The van der Waals surface area contributed by atoms with Gasteiger partial charge in [-0.15, -0.1) is 0 Å². The molecule has 28 heavy (non-hydrogen) atoms. The number of likely N-dealkylation sites (tertiary alicyclic amines) is 1. The number of benzene rings is 2. The molecule has 3 aliphatic heterocycles. The van der Waals surface area contributed by atoms with Crippen LogP contribution < -0.4 is 5.32 Å². The maximum absolute atomic E-state index is 13.8. The second-order valence-corrected chi connectivity index (χ2v) is 8.60. The third-order valence-corrected chi connectivity index (χ3v) is 6.93. The van der Waals surface area contributed by atoms with Gasteiger partial charge < -0.3 is 20.1 Å². The molecule has 0 radical (unpaired) electrons. The molecule has 5 rings (SSSR count). The zero-order chi connectivity index (χ0) is 19.3. The van der Waals surface area contributed by atoms with E-state index in [1.165, 1.54) is 6.07 Å². The number of phenolic OH excluding ortho intramolecular Hbond substituents is 1. The summed E-state index contributed by atoms with van der Waals surface area (Å²) in [5.74, 6) is 0.130. The van der Waals surface area contributed by atoms with Crippen molar-refractivity contribution >= 4 is 11.6 Å². The van der Waals surface area contributed by atoms with E-state index in [4.69, 9.17) is 16.3 Å². The number of nitrogens with zero attached hydrogens (tertiary/aromatic N) is 1. The van der Waals surface area contributed by atoms with Crippen LogP contribution >= 0.6 is 11.6 Å². The average Bonchev–Trinajstić information content (AvgIpc) is 3.04. The summed E-state index contributed by atoms with van der Waals surface area (Å²) in [6.07, 6.45) is 2.58. The van der Waals surface area contributed by atoms with Crippen molar-refractivity contribution in [3.05, 3.63) is 63.4 Å². The van der Waals surface area contributed by atoms with Gasteiger partial charge in [0.05, 0.1) is 12.2 Å². The van der Waals surface area contributed by atoms with Crippen molar-refractivity contribution < 1.29 is 14.2 Å². The van der Waals surface area contributed by atoms with Gasteiger partial charge in [-0.05, 0) is 60.2 Å². The SMILES string of the molecule is Oc1ccc(Cl)c2c1CNC(CN1CCC3(CC1)OCc1ccc(F)cc13)C2. The van der Waals surface area contributed by atoms with Crippen LogP contribution in [0, 0.1) is 5.82 Å². The first-order chi connectivity index (χ1) is 13.5. The first-order valence-corrected chi connectivity index (χ1v) is 10.3. The minimum Gasteiger partial charge on any atom is -0.508 e. The molecule has 0 aliphatic carbocycles. The Hall–Kier alpha value is -1.66. The topological polar surface area (TPSA) is 44.7 Å². The van der Waals surface area contributed by atoms with Crippen molar-refractivity contribution in [2.45, 2.75) is 44.1 Å². The Morgan fingerprint density at radius 1 is 1.21 bits per heavy atom. The van der Waals surface area contributed by atoms with Gasteiger partial charge in [0, 0.05) is 42.8 Å². The summed E-state index contributed by atoms with van der Waals surface area (Å²) >= 11 is 6.37. The fraction of sp³-hybridized carbons (Fsp3) is 0.455. The molecule has 1 atom stereocenters. The number of nitrogens with one attached hydrogen (secondary N) is 1. The molecule has 1 saturated heterocycles. The van der Waals surface area contributed by atoms with Crippen molar-refractivity contribution in [1.29, 1.82) is 0 Å². The third kappa shape index (κ3) is 3.11. The quantitative estimate of drug-likeness (QED) is 0.803. The number of halogens is 2. The molecule has 0 saturated carbocycles. The minimum absolute atomic E-state index is 0.184. The molecule has 3 heterocycles. The van der Waals surface area contributed by atoms with Crippen molar-refractivity contribution in [3.63, 3.8) is 0 Å². The lowest BCUT2D eigenvalue weighted by Crippen LogP contribution is -2.49. The van der Waals surface area contributed by atoms with Crippen molar-refractivity contribution in [2.24, 2.45) is 0 Å².